The molecule has 0 saturated heterocycles. The Hall–Kier alpha value is -1.13. The van der Waals surface area contributed by atoms with Crippen LogP contribution < -0.4 is 10.2 Å². The van der Waals surface area contributed by atoms with Crippen molar-refractivity contribution >= 4 is 42.2 Å². The lowest BCUT2D eigenvalue weighted by atomic mass is 9.91. The topological polar surface area (TPSA) is 36.9 Å². The predicted molar refractivity (Wildman–Crippen MR) is 91.7 cm³/mol. The van der Waals surface area contributed by atoms with Gasteiger partial charge in [-0.05, 0) is 48.9 Å². The molecule has 21 heavy (non-hydrogen) atoms. The average molecular weight is 330 g/mol. The zero-order valence-electron chi connectivity index (χ0n) is 11.9. The van der Waals surface area contributed by atoms with Gasteiger partial charge < -0.3 is 15.0 Å². The van der Waals surface area contributed by atoms with Crippen LogP contribution >= 0.6 is 24.8 Å². The first-order valence-electron chi connectivity index (χ1n) is 7.25. The third-order valence-electron chi connectivity index (χ3n) is 4.17. The summed E-state index contributed by atoms with van der Waals surface area (Å²) in [6.45, 7) is 3.92. The molecule has 0 radical (unpaired) electrons. The van der Waals surface area contributed by atoms with E-state index in [1.807, 2.05) is 0 Å². The van der Waals surface area contributed by atoms with Crippen molar-refractivity contribution in [3.8, 4) is 0 Å². The molecular weight excluding hydrogens is 309 g/mol. The number of aryl methyl sites for hydroxylation is 2. The number of benzene rings is 1. The molecule has 3 aliphatic heterocycles. The molecule has 0 saturated carbocycles. The van der Waals surface area contributed by atoms with E-state index in [-0.39, 0.29) is 24.8 Å². The number of nitrogens with one attached hydrogen (secondary N) is 1. The molecule has 1 aromatic carbocycles. The van der Waals surface area contributed by atoms with Crippen molar-refractivity contribution in [2.45, 2.75) is 25.7 Å². The maximum Gasteiger partial charge on any atom is 0.289 e. The summed E-state index contributed by atoms with van der Waals surface area (Å²) in [5.74, 6) is 0. The monoisotopic (exact) mass is 329 g/mol. The maximum atomic E-state index is 5.44. The van der Waals surface area contributed by atoms with Gasteiger partial charge in [-0.15, -0.1) is 24.8 Å². The number of rotatable bonds is 1. The molecule has 1 aromatic rings. The minimum absolute atomic E-state index is 0. The minimum atomic E-state index is 0. The van der Waals surface area contributed by atoms with Gasteiger partial charge in [0.1, 0.15) is 6.61 Å². The Bertz CT molecular complexity index is 517. The highest BCUT2D eigenvalue weighted by atomic mass is 35.5. The zero-order valence-corrected chi connectivity index (χ0v) is 13.6. The lowest BCUT2D eigenvalue weighted by molar-refractivity contribution is 0.346. The molecule has 3 aliphatic rings. The fraction of sp³-hybridized carbons (Fsp3) is 0.533. The Morgan fingerprint density at radius 3 is 2.29 bits per heavy atom. The summed E-state index contributed by atoms with van der Waals surface area (Å²) < 4.78 is 5.44. The van der Waals surface area contributed by atoms with Crippen molar-refractivity contribution in [3.05, 3.63) is 23.3 Å². The fourth-order valence-corrected chi connectivity index (χ4v) is 3.41. The lowest BCUT2D eigenvalue weighted by Gasteiger charge is -2.37. The van der Waals surface area contributed by atoms with E-state index in [1.165, 1.54) is 55.6 Å². The summed E-state index contributed by atoms with van der Waals surface area (Å²) >= 11 is 0. The second kappa shape index (κ2) is 6.75. The van der Waals surface area contributed by atoms with Gasteiger partial charge in [-0.3, -0.25) is 0 Å². The molecule has 0 aromatic heterocycles. The van der Waals surface area contributed by atoms with E-state index in [4.69, 9.17) is 4.74 Å². The van der Waals surface area contributed by atoms with Gasteiger partial charge in [0.2, 0.25) is 0 Å². The van der Waals surface area contributed by atoms with E-state index in [0.717, 1.165) is 12.2 Å². The summed E-state index contributed by atoms with van der Waals surface area (Å²) in [5.41, 5.74) is 5.63. The molecule has 0 atom stereocenters. The number of hydrogen-bond donors (Lipinski definition) is 1. The molecule has 0 amide bonds. The van der Waals surface area contributed by atoms with Gasteiger partial charge in [0.15, 0.2) is 0 Å². The SMILES string of the molecule is Cl.Cl.c1c(NC2=NCCO2)cc2c3c1CCCN3CCC2. The molecular formula is C15H21Cl2N3O. The van der Waals surface area contributed by atoms with Crippen LogP contribution in [0.1, 0.15) is 24.0 Å². The summed E-state index contributed by atoms with van der Waals surface area (Å²) in [6, 6.07) is 5.23. The Balaban J connectivity index is 0.000000807. The molecule has 0 bridgehead atoms. The van der Waals surface area contributed by atoms with Gasteiger partial charge in [-0.1, -0.05) is 0 Å². The molecule has 3 heterocycles. The molecule has 4 nitrogen and oxygen atoms in total. The number of aliphatic imine (C=N–C) groups is 1. The van der Waals surface area contributed by atoms with Crippen LogP contribution in [-0.4, -0.2) is 32.3 Å². The lowest BCUT2D eigenvalue weighted by Crippen LogP contribution is -2.34. The first kappa shape index (κ1) is 16.2. The molecule has 6 heteroatoms. The highest BCUT2D eigenvalue weighted by molar-refractivity contribution is 5.90. The molecule has 116 valence electrons. The molecule has 0 aliphatic carbocycles. The predicted octanol–water partition coefficient (Wildman–Crippen LogP) is 3.03. The molecule has 1 N–H and O–H groups in total. The van der Waals surface area contributed by atoms with Gasteiger partial charge in [-0.2, -0.15) is 0 Å². The van der Waals surface area contributed by atoms with Crippen LogP contribution in [0.5, 0.6) is 0 Å². The summed E-state index contributed by atoms with van der Waals surface area (Å²) in [5, 5.41) is 3.31. The van der Waals surface area contributed by atoms with Crippen molar-refractivity contribution in [1.29, 1.82) is 0 Å². The van der Waals surface area contributed by atoms with Gasteiger partial charge in [0.25, 0.3) is 6.02 Å². The van der Waals surface area contributed by atoms with Gasteiger partial charge in [0, 0.05) is 24.5 Å². The average Bonchev–Trinajstić information content (AvgIpc) is 2.92. The van der Waals surface area contributed by atoms with E-state index < -0.39 is 0 Å². The normalized spacial score (nSPS) is 18.7. The van der Waals surface area contributed by atoms with Gasteiger partial charge in [-0.25, -0.2) is 4.99 Å². The van der Waals surface area contributed by atoms with Gasteiger partial charge in [0.05, 0.1) is 6.54 Å². The first-order chi connectivity index (χ1) is 9.40. The van der Waals surface area contributed by atoms with Crippen LogP contribution in [0.2, 0.25) is 0 Å². The summed E-state index contributed by atoms with van der Waals surface area (Å²) in [7, 11) is 0. The van der Waals surface area contributed by atoms with Crippen molar-refractivity contribution in [3.63, 3.8) is 0 Å². The number of amidine groups is 1. The maximum absolute atomic E-state index is 5.44. The molecule has 0 spiro atoms. The van der Waals surface area contributed by atoms with Crippen molar-refractivity contribution in [2.24, 2.45) is 4.99 Å². The highest BCUT2D eigenvalue weighted by Gasteiger charge is 2.24. The third kappa shape index (κ3) is 3.06. The van der Waals surface area contributed by atoms with Crippen molar-refractivity contribution in [2.75, 3.05) is 36.5 Å². The Morgan fingerprint density at radius 1 is 1.05 bits per heavy atom. The number of halogens is 2. The van der Waals surface area contributed by atoms with Crippen LogP contribution in [0.15, 0.2) is 17.1 Å². The number of ether oxygens (including phenoxy) is 1. The van der Waals surface area contributed by atoms with Crippen LogP contribution in [0.4, 0.5) is 11.4 Å². The fourth-order valence-electron chi connectivity index (χ4n) is 3.41. The quantitative estimate of drug-likeness (QED) is 0.860. The van der Waals surface area contributed by atoms with E-state index in [9.17, 15) is 0 Å². The number of hydrogen-bond acceptors (Lipinski definition) is 4. The first-order valence-corrected chi connectivity index (χ1v) is 7.25. The molecule has 0 fully saturated rings. The second-order valence-corrected chi connectivity index (χ2v) is 5.50. The van der Waals surface area contributed by atoms with Crippen LogP contribution in [0.3, 0.4) is 0 Å². The van der Waals surface area contributed by atoms with Crippen LogP contribution in [-0.2, 0) is 17.6 Å². The summed E-state index contributed by atoms with van der Waals surface area (Å²) in [6.07, 6.45) is 4.93. The Kier molecular flexibility index (Phi) is 5.22. The number of anilines is 2. The minimum Gasteiger partial charge on any atom is -0.463 e. The molecule has 4 rings (SSSR count). The van der Waals surface area contributed by atoms with Crippen molar-refractivity contribution in [1.82, 2.24) is 0 Å². The van der Waals surface area contributed by atoms with E-state index >= 15 is 0 Å². The van der Waals surface area contributed by atoms with Crippen LogP contribution in [0, 0.1) is 0 Å². The van der Waals surface area contributed by atoms with E-state index in [2.05, 4.69) is 27.3 Å². The largest absolute Gasteiger partial charge is 0.463 e. The summed E-state index contributed by atoms with van der Waals surface area (Å²) in [4.78, 5) is 6.86. The van der Waals surface area contributed by atoms with Crippen molar-refractivity contribution < 1.29 is 4.74 Å². The Labute approximate surface area is 137 Å². The van der Waals surface area contributed by atoms with Crippen LogP contribution in [0.25, 0.3) is 0 Å². The molecule has 0 unspecified atom stereocenters. The smallest absolute Gasteiger partial charge is 0.289 e. The highest BCUT2D eigenvalue weighted by Crippen LogP contribution is 2.37. The standard InChI is InChI=1S/C15H19N3O.2ClH/c1-3-11-9-13(17-15-16-5-8-19-15)10-12-4-2-7-18(6-1)14(11)12;;/h9-10H,1-8H2,(H,16,17);2*1H. The zero-order chi connectivity index (χ0) is 12.7. The third-order valence-corrected chi connectivity index (χ3v) is 4.17. The second-order valence-electron chi connectivity index (χ2n) is 5.50. The Morgan fingerprint density at radius 2 is 1.71 bits per heavy atom. The van der Waals surface area contributed by atoms with E-state index in [0.29, 0.717) is 12.6 Å². The number of nitrogens with zero attached hydrogens (tertiary/aromatic N) is 2. The van der Waals surface area contributed by atoms with E-state index in [1.54, 1.807) is 0 Å². The van der Waals surface area contributed by atoms with Gasteiger partial charge >= 0.3 is 0 Å².